The maximum absolute atomic E-state index is 9.32. The third-order valence-electron chi connectivity index (χ3n) is 1.09. The fourth-order valence-corrected chi connectivity index (χ4v) is 2.25. The number of allylic oxidation sites excluding steroid dienone is 2. The van der Waals surface area contributed by atoms with Gasteiger partial charge in [-0.05, 0) is 28.1 Å². The van der Waals surface area contributed by atoms with E-state index < -0.39 is 4.51 Å². The molecule has 10 heavy (non-hydrogen) atoms. The van der Waals surface area contributed by atoms with Gasteiger partial charge in [-0.25, -0.2) is 0 Å². The molecule has 1 aliphatic carbocycles. The lowest BCUT2D eigenvalue weighted by Crippen LogP contribution is -2.19. The van der Waals surface area contributed by atoms with Gasteiger partial charge in [-0.15, -0.1) is 0 Å². The van der Waals surface area contributed by atoms with E-state index >= 15 is 0 Å². The van der Waals surface area contributed by atoms with Crippen LogP contribution in [0.1, 0.15) is 6.42 Å². The predicted molar refractivity (Wildman–Crippen MR) is 46.2 cm³/mol. The third kappa shape index (κ3) is 2.11. The average Bonchev–Trinajstić information content (AvgIpc) is 1.54. The molecule has 0 heterocycles. The van der Waals surface area contributed by atoms with E-state index in [1.54, 1.807) is 12.2 Å². The molecule has 0 spiro atoms. The Morgan fingerprint density at radius 2 is 2.20 bits per heavy atom. The summed E-state index contributed by atoms with van der Waals surface area (Å²) >= 11 is 6.16. The molecule has 1 unspecified atom stereocenters. The van der Waals surface area contributed by atoms with Crippen LogP contribution in [0, 0.1) is 0 Å². The Balaban J connectivity index is 2.88. The second-order valence-electron chi connectivity index (χ2n) is 2.16. The number of aliphatic hydroxyl groups excluding tert-OH is 1. The van der Waals surface area contributed by atoms with Crippen LogP contribution < -0.4 is 0 Å². The Morgan fingerprint density at radius 1 is 1.60 bits per heavy atom. The molecule has 56 valence electrons. The van der Waals surface area contributed by atoms with Gasteiger partial charge < -0.3 is 10.2 Å². The minimum Gasteiger partial charge on any atom is -0.512 e. The maximum atomic E-state index is 9.32. The molecule has 0 saturated heterocycles. The second-order valence-corrected chi connectivity index (χ2v) is 4.45. The van der Waals surface area contributed by atoms with Crippen molar-refractivity contribution in [2.24, 2.45) is 0 Å². The van der Waals surface area contributed by atoms with Gasteiger partial charge in [0.25, 0.3) is 0 Å². The van der Waals surface area contributed by atoms with Crippen LogP contribution in [-0.2, 0) is 0 Å². The summed E-state index contributed by atoms with van der Waals surface area (Å²) in [6, 6.07) is 0. The van der Waals surface area contributed by atoms with Crippen molar-refractivity contribution in [1.82, 2.24) is 0 Å². The van der Waals surface area contributed by atoms with Crippen LogP contribution in [-0.4, -0.2) is 14.7 Å². The number of hydrogen-bond donors (Lipinski definition) is 2. The van der Waals surface area contributed by atoms with Crippen molar-refractivity contribution in [1.29, 1.82) is 0 Å². The van der Waals surface area contributed by atoms with Gasteiger partial charge in [-0.1, -0.05) is 15.9 Å². The molecule has 0 aromatic rings. The predicted octanol–water partition coefficient (Wildman–Crippen LogP) is 2.19. The summed E-state index contributed by atoms with van der Waals surface area (Å²) in [5.41, 5.74) is 0. The summed E-state index contributed by atoms with van der Waals surface area (Å²) in [5.74, 6) is 0.161. The number of rotatable bonds is 0. The number of hydrogen-bond acceptors (Lipinski definition) is 2. The number of halogens is 2. The van der Waals surface area contributed by atoms with Gasteiger partial charge >= 0.3 is 0 Å². The van der Waals surface area contributed by atoms with Crippen LogP contribution in [0.2, 0.25) is 0 Å². The summed E-state index contributed by atoms with van der Waals surface area (Å²) in [6.45, 7) is 0. The Morgan fingerprint density at radius 3 is 2.60 bits per heavy atom. The third-order valence-corrected chi connectivity index (χ3v) is 2.06. The Kier molecular flexibility index (Phi) is 2.22. The molecule has 1 rings (SSSR count). The van der Waals surface area contributed by atoms with Gasteiger partial charge in [0.1, 0.15) is 4.51 Å². The highest BCUT2D eigenvalue weighted by Crippen LogP contribution is 2.32. The van der Waals surface area contributed by atoms with Gasteiger partial charge in [0.15, 0.2) is 0 Å². The van der Waals surface area contributed by atoms with E-state index in [0.717, 1.165) is 0 Å². The van der Waals surface area contributed by atoms with Crippen molar-refractivity contribution >= 4 is 31.9 Å². The molecule has 0 amide bonds. The van der Waals surface area contributed by atoms with Crippen LogP contribution in [0.5, 0.6) is 0 Å². The molecule has 0 fully saturated rings. The van der Waals surface area contributed by atoms with E-state index in [2.05, 4.69) is 31.9 Å². The van der Waals surface area contributed by atoms with Crippen LogP contribution in [0.4, 0.5) is 0 Å². The summed E-state index contributed by atoms with van der Waals surface area (Å²) in [7, 11) is 0. The lowest BCUT2D eigenvalue weighted by Gasteiger charge is -2.19. The molecule has 2 N–H and O–H groups in total. The zero-order valence-electron chi connectivity index (χ0n) is 5.01. The molecule has 0 aromatic heterocycles. The van der Waals surface area contributed by atoms with Crippen LogP contribution in [0.15, 0.2) is 22.4 Å². The summed E-state index contributed by atoms with van der Waals surface area (Å²) in [6.07, 6.45) is 3.34. The minimum absolute atomic E-state index is 0.161. The van der Waals surface area contributed by atoms with Crippen molar-refractivity contribution in [2.45, 2.75) is 10.9 Å². The zero-order chi connectivity index (χ0) is 7.78. The molecule has 2 nitrogen and oxygen atoms in total. The van der Waals surface area contributed by atoms with Crippen LogP contribution in [0.3, 0.4) is 0 Å². The van der Waals surface area contributed by atoms with Crippen LogP contribution >= 0.6 is 31.9 Å². The first-order chi connectivity index (χ1) is 4.49. The molecular formula is C6H6Br2O2. The van der Waals surface area contributed by atoms with E-state index in [9.17, 15) is 5.11 Å². The molecule has 0 aliphatic heterocycles. The monoisotopic (exact) mass is 268 g/mol. The summed E-state index contributed by atoms with van der Waals surface area (Å²) in [4.78, 5) is 0. The highest BCUT2D eigenvalue weighted by Gasteiger charge is 2.25. The fraction of sp³-hybridized carbons (Fsp3) is 0.333. The Bertz CT molecular complexity index is 206. The lowest BCUT2D eigenvalue weighted by molar-refractivity contribution is 0.174. The molecule has 0 bridgehead atoms. The number of alkyl halides is 1. The van der Waals surface area contributed by atoms with Crippen LogP contribution in [0.25, 0.3) is 0 Å². The van der Waals surface area contributed by atoms with Crippen molar-refractivity contribution < 1.29 is 10.2 Å². The maximum Gasteiger partial charge on any atom is 0.146 e. The Labute approximate surface area is 75.5 Å². The average molecular weight is 270 g/mol. The summed E-state index contributed by atoms with van der Waals surface area (Å²) in [5, 5.41) is 18.3. The second kappa shape index (κ2) is 2.68. The molecule has 0 radical (unpaired) electrons. The standard InChI is InChI=1S/C6H6Br2O2/c7-4-1-5(9)3-6(8,10)2-4/h1-2,9-10H,3H2. The van der Waals surface area contributed by atoms with Gasteiger partial charge in [0.05, 0.1) is 5.76 Å². The van der Waals surface area contributed by atoms with Gasteiger partial charge in [0, 0.05) is 10.9 Å². The quantitative estimate of drug-likeness (QED) is 0.662. The first-order valence-corrected chi connectivity index (χ1v) is 4.27. The highest BCUT2D eigenvalue weighted by atomic mass is 79.9. The van der Waals surface area contributed by atoms with Crippen molar-refractivity contribution in [3.63, 3.8) is 0 Å². The molecule has 0 saturated carbocycles. The SMILES string of the molecule is OC1=CC(Br)=CC(O)(Br)C1. The normalized spacial score (nSPS) is 33.1. The first-order valence-electron chi connectivity index (χ1n) is 2.69. The minimum atomic E-state index is -1.09. The summed E-state index contributed by atoms with van der Waals surface area (Å²) < 4.78 is -0.416. The molecule has 4 heteroatoms. The molecule has 1 aliphatic rings. The van der Waals surface area contributed by atoms with Crippen molar-refractivity contribution in [3.8, 4) is 0 Å². The molecule has 0 aromatic carbocycles. The smallest absolute Gasteiger partial charge is 0.146 e. The van der Waals surface area contributed by atoms with Gasteiger partial charge in [0.2, 0.25) is 0 Å². The zero-order valence-corrected chi connectivity index (χ0v) is 8.18. The van der Waals surface area contributed by atoms with E-state index in [1.807, 2.05) is 0 Å². The highest BCUT2D eigenvalue weighted by molar-refractivity contribution is 9.12. The topological polar surface area (TPSA) is 40.5 Å². The Hall–Kier alpha value is 0.200. The van der Waals surface area contributed by atoms with E-state index in [-0.39, 0.29) is 12.2 Å². The van der Waals surface area contributed by atoms with Gasteiger partial charge in [-0.3, -0.25) is 0 Å². The first kappa shape index (κ1) is 8.30. The lowest BCUT2D eigenvalue weighted by atomic mass is 10.1. The van der Waals surface area contributed by atoms with E-state index in [4.69, 9.17) is 5.11 Å². The molecule has 1 atom stereocenters. The largest absolute Gasteiger partial charge is 0.512 e. The number of aliphatic hydroxyl groups is 2. The fourth-order valence-electron chi connectivity index (χ4n) is 0.768. The van der Waals surface area contributed by atoms with E-state index in [1.165, 1.54) is 0 Å². The van der Waals surface area contributed by atoms with Crippen molar-refractivity contribution in [2.75, 3.05) is 0 Å². The molecular weight excluding hydrogens is 264 g/mol. The van der Waals surface area contributed by atoms with Crippen molar-refractivity contribution in [3.05, 3.63) is 22.4 Å². The van der Waals surface area contributed by atoms with E-state index in [0.29, 0.717) is 4.48 Å². The van der Waals surface area contributed by atoms with Gasteiger partial charge in [-0.2, -0.15) is 0 Å².